The third-order valence-electron chi connectivity index (χ3n) is 2.64. The van der Waals surface area contributed by atoms with Crippen molar-refractivity contribution in [2.45, 2.75) is 13.5 Å². The van der Waals surface area contributed by atoms with Gasteiger partial charge in [-0.25, -0.2) is 10.4 Å². The van der Waals surface area contributed by atoms with E-state index in [4.69, 9.17) is 5.11 Å². The monoisotopic (exact) mass is 274 g/mol. The van der Waals surface area contributed by atoms with Crippen LogP contribution in [0.25, 0.3) is 0 Å². The highest BCUT2D eigenvalue weighted by Gasteiger charge is 2.04. The highest BCUT2D eigenvalue weighted by molar-refractivity contribution is 5.85. The summed E-state index contributed by atoms with van der Waals surface area (Å²) in [4.78, 5) is 15.6. The molecule has 1 amide bonds. The smallest absolute Gasteiger partial charge is 0.260 e. The molecule has 7 heteroatoms. The molecule has 0 bridgehead atoms. The van der Waals surface area contributed by atoms with E-state index in [0.29, 0.717) is 5.56 Å². The number of nitrogens with one attached hydrogen (secondary N) is 1. The van der Waals surface area contributed by atoms with Gasteiger partial charge in [-0.05, 0) is 19.1 Å². The first kappa shape index (κ1) is 13.6. The van der Waals surface area contributed by atoms with Gasteiger partial charge in [-0.3, -0.25) is 4.79 Å². The second-order valence-corrected chi connectivity index (χ2v) is 4.14. The number of hydrogen-bond acceptors (Lipinski definition) is 5. The Kier molecular flexibility index (Phi) is 3.99. The van der Waals surface area contributed by atoms with Crippen LogP contribution in [-0.2, 0) is 11.3 Å². The Bertz CT molecular complexity index is 649. The average Bonchev–Trinajstić information content (AvgIpc) is 2.78. The minimum Gasteiger partial charge on any atom is -0.508 e. The van der Waals surface area contributed by atoms with E-state index < -0.39 is 0 Å². The SMILES string of the molecule is Cc1nccn1CC(=O)NN=Cc1ccc(O)cc1O. The molecule has 0 aliphatic heterocycles. The molecule has 0 radical (unpaired) electrons. The maximum Gasteiger partial charge on any atom is 0.260 e. The topological polar surface area (TPSA) is 99.7 Å². The van der Waals surface area contributed by atoms with Crippen LogP contribution in [-0.4, -0.2) is 31.9 Å². The normalized spacial score (nSPS) is 10.8. The Hall–Kier alpha value is -2.83. The van der Waals surface area contributed by atoms with Gasteiger partial charge in [-0.2, -0.15) is 5.10 Å². The van der Waals surface area contributed by atoms with E-state index in [-0.39, 0.29) is 24.0 Å². The molecule has 2 rings (SSSR count). The lowest BCUT2D eigenvalue weighted by Crippen LogP contribution is -2.23. The number of rotatable bonds is 4. The van der Waals surface area contributed by atoms with Crippen molar-refractivity contribution in [3.63, 3.8) is 0 Å². The third kappa shape index (κ3) is 3.35. The molecule has 0 aliphatic carbocycles. The fraction of sp³-hybridized carbons (Fsp3) is 0.154. The van der Waals surface area contributed by atoms with Crippen LogP contribution >= 0.6 is 0 Å². The van der Waals surface area contributed by atoms with E-state index in [1.54, 1.807) is 23.9 Å². The molecular formula is C13H14N4O3. The summed E-state index contributed by atoms with van der Waals surface area (Å²) in [6.45, 7) is 1.91. The Morgan fingerprint density at radius 3 is 2.95 bits per heavy atom. The molecule has 2 aromatic rings. The van der Waals surface area contributed by atoms with Gasteiger partial charge in [-0.1, -0.05) is 0 Å². The number of benzene rings is 1. The maximum atomic E-state index is 11.6. The van der Waals surface area contributed by atoms with E-state index in [9.17, 15) is 9.90 Å². The first-order valence-electron chi connectivity index (χ1n) is 5.88. The van der Waals surface area contributed by atoms with Crippen molar-refractivity contribution in [2.24, 2.45) is 5.10 Å². The summed E-state index contributed by atoms with van der Waals surface area (Å²) >= 11 is 0. The fourth-order valence-electron chi connectivity index (χ4n) is 1.58. The number of hydrazone groups is 1. The summed E-state index contributed by atoms with van der Waals surface area (Å²) in [6, 6.07) is 4.09. The van der Waals surface area contributed by atoms with E-state index in [1.807, 2.05) is 0 Å². The van der Waals surface area contributed by atoms with Gasteiger partial charge < -0.3 is 14.8 Å². The van der Waals surface area contributed by atoms with Gasteiger partial charge in [0.05, 0.1) is 6.21 Å². The van der Waals surface area contributed by atoms with Crippen molar-refractivity contribution in [3.05, 3.63) is 42.0 Å². The quantitative estimate of drug-likeness (QED) is 0.566. The van der Waals surface area contributed by atoms with Crippen LogP contribution < -0.4 is 5.43 Å². The summed E-state index contributed by atoms with van der Waals surface area (Å²) in [5, 5.41) is 22.4. The summed E-state index contributed by atoms with van der Waals surface area (Å²) in [5.41, 5.74) is 2.74. The molecule has 0 aliphatic rings. The number of aryl methyl sites for hydroxylation is 1. The molecule has 0 fully saturated rings. The van der Waals surface area contributed by atoms with E-state index in [0.717, 1.165) is 5.82 Å². The number of phenols is 2. The Morgan fingerprint density at radius 2 is 2.30 bits per heavy atom. The zero-order chi connectivity index (χ0) is 14.5. The van der Waals surface area contributed by atoms with Crippen LogP contribution in [0.5, 0.6) is 11.5 Å². The van der Waals surface area contributed by atoms with Gasteiger partial charge in [0.25, 0.3) is 5.91 Å². The number of carbonyl (C=O) groups excluding carboxylic acids is 1. The maximum absolute atomic E-state index is 11.6. The van der Waals surface area contributed by atoms with Crippen molar-refractivity contribution in [2.75, 3.05) is 0 Å². The van der Waals surface area contributed by atoms with E-state index in [2.05, 4.69) is 15.5 Å². The van der Waals surface area contributed by atoms with Crippen LogP contribution in [0.1, 0.15) is 11.4 Å². The Balaban J connectivity index is 1.93. The number of aromatic nitrogens is 2. The second-order valence-electron chi connectivity index (χ2n) is 4.14. The third-order valence-corrected chi connectivity index (χ3v) is 2.64. The molecule has 20 heavy (non-hydrogen) atoms. The number of hydrogen-bond donors (Lipinski definition) is 3. The molecule has 104 valence electrons. The zero-order valence-corrected chi connectivity index (χ0v) is 10.8. The number of aromatic hydroxyl groups is 2. The molecule has 0 spiro atoms. The standard InChI is InChI=1S/C13H14N4O3/c1-9-14-4-5-17(9)8-13(20)16-15-7-10-2-3-11(18)6-12(10)19/h2-7,18-19H,8H2,1H3,(H,16,20). The molecule has 0 unspecified atom stereocenters. The number of phenolic OH excluding ortho intramolecular Hbond substituents is 2. The van der Waals surface area contributed by atoms with Crippen LogP contribution in [0.2, 0.25) is 0 Å². The largest absolute Gasteiger partial charge is 0.508 e. The minimum absolute atomic E-state index is 0.0423. The molecule has 3 N–H and O–H groups in total. The summed E-state index contributed by atoms with van der Waals surface area (Å²) in [5.74, 6) is 0.272. The van der Waals surface area contributed by atoms with Crippen LogP contribution in [0, 0.1) is 6.92 Å². The zero-order valence-electron chi connectivity index (χ0n) is 10.8. The van der Waals surface area contributed by atoms with Crippen molar-refractivity contribution in [3.8, 4) is 11.5 Å². The molecule has 7 nitrogen and oxygen atoms in total. The first-order chi connectivity index (χ1) is 9.56. The van der Waals surface area contributed by atoms with Crippen LogP contribution in [0.4, 0.5) is 0 Å². The van der Waals surface area contributed by atoms with Crippen molar-refractivity contribution in [1.82, 2.24) is 15.0 Å². The van der Waals surface area contributed by atoms with Crippen LogP contribution in [0.15, 0.2) is 35.7 Å². The lowest BCUT2D eigenvalue weighted by atomic mass is 10.2. The van der Waals surface area contributed by atoms with Crippen molar-refractivity contribution in [1.29, 1.82) is 0 Å². The lowest BCUT2D eigenvalue weighted by Gasteiger charge is -2.03. The summed E-state index contributed by atoms with van der Waals surface area (Å²) in [7, 11) is 0. The van der Waals surface area contributed by atoms with Crippen molar-refractivity contribution >= 4 is 12.1 Å². The Labute approximate surface area is 115 Å². The van der Waals surface area contributed by atoms with E-state index in [1.165, 1.54) is 24.4 Å². The lowest BCUT2D eigenvalue weighted by molar-refractivity contribution is -0.121. The number of carbonyl (C=O) groups is 1. The molecular weight excluding hydrogens is 260 g/mol. The van der Waals surface area contributed by atoms with Gasteiger partial charge in [0, 0.05) is 24.0 Å². The van der Waals surface area contributed by atoms with Crippen LogP contribution in [0.3, 0.4) is 0 Å². The second kappa shape index (κ2) is 5.87. The minimum atomic E-state index is -0.305. The highest BCUT2D eigenvalue weighted by Crippen LogP contribution is 2.20. The summed E-state index contributed by atoms with van der Waals surface area (Å²) in [6.07, 6.45) is 4.61. The van der Waals surface area contributed by atoms with Gasteiger partial charge >= 0.3 is 0 Å². The van der Waals surface area contributed by atoms with Gasteiger partial charge in [0.2, 0.25) is 0 Å². The fourth-order valence-corrected chi connectivity index (χ4v) is 1.58. The number of amides is 1. The molecule has 1 heterocycles. The molecule has 0 saturated carbocycles. The number of imidazole rings is 1. The average molecular weight is 274 g/mol. The molecule has 0 saturated heterocycles. The first-order valence-corrected chi connectivity index (χ1v) is 5.88. The van der Waals surface area contributed by atoms with Gasteiger partial charge in [-0.15, -0.1) is 0 Å². The summed E-state index contributed by atoms with van der Waals surface area (Å²) < 4.78 is 1.68. The Morgan fingerprint density at radius 1 is 1.50 bits per heavy atom. The van der Waals surface area contributed by atoms with Crippen molar-refractivity contribution < 1.29 is 15.0 Å². The predicted octanol–water partition coefficient (Wildman–Crippen LogP) is 0.753. The van der Waals surface area contributed by atoms with Gasteiger partial charge in [0.15, 0.2) is 0 Å². The van der Waals surface area contributed by atoms with Gasteiger partial charge in [0.1, 0.15) is 23.9 Å². The van der Waals surface area contributed by atoms with E-state index >= 15 is 0 Å². The number of nitrogens with zero attached hydrogens (tertiary/aromatic N) is 3. The predicted molar refractivity (Wildman–Crippen MR) is 72.5 cm³/mol. The molecule has 0 atom stereocenters. The highest BCUT2D eigenvalue weighted by atomic mass is 16.3. The molecule has 1 aromatic heterocycles. The molecule has 1 aromatic carbocycles.